The molecule has 140 valence electrons. The zero-order valence-electron chi connectivity index (χ0n) is 16.0. The Hall–Kier alpha value is -2.17. The Morgan fingerprint density at radius 3 is 2.70 bits per heavy atom. The number of hydrogen-bond acceptors (Lipinski definition) is 4. The highest BCUT2D eigenvalue weighted by Gasteiger charge is 2.23. The molecule has 1 aromatic heterocycles. The summed E-state index contributed by atoms with van der Waals surface area (Å²) < 4.78 is 5.51. The van der Waals surface area contributed by atoms with Crippen molar-refractivity contribution in [3.05, 3.63) is 56.8 Å². The largest absolute Gasteiger partial charge is 0.497 e. The van der Waals surface area contributed by atoms with Crippen LogP contribution >= 0.6 is 11.3 Å². The molecule has 1 saturated heterocycles. The van der Waals surface area contributed by atoms with Crippen LogP contribution in [0.3, 0.4) is 0 Å². The SMILES string of the molecule is COc1ccc2c(c1)C(=C1CCN(CCC(C)=O)CC1)c1ccsc1C=C2. The van der Waals surface area contributed by atoms with E-state index in [-0.39, 0.29) is 5.78 Å². The second kappa shape index (κ2) is 7.83. The zero-order valence-corrected chi connectivity index (χ0v) is 16.8. The lowest BCUT2D eigenvalue weighted by atomic mass is 9.87. The first-order chi connectivity index (χ1) is 13.2. The fraction of sp³-hybridized carbons (Fsp3) is 0.348. The van der Waals surface area contributed by atoms with E-state index >= 15 is 0 Å². The molecule has 0 bridgehead atoms. The number of carbonyl (C=O) groups excluding carboxylic acids is 1. The number of hydrogen-bond donors (Lipinski definition) is 0. The quantitative estimate of drug-likeness (QED) is 0.630. The highest BCUT2D eigenvalue weighted by atomic mass is 32.1. The molecule has 4 rings (SSSR count). The highest BCUT2D eigenvalue weighted by Crippen LogP contribution is 2.41. The summed E-state index contributed by atoms with van der Waals surface area (Å²) in [7, 11) is 1.73. The van der Waals surface area contributed by atoms with Crippen LogP contribution in [-0.4, -0.2) is 37.4 Å². The van der Waals surface area contributed by atoms with Crippen LogP contribution in [0, 0.1) is 0 Å². The van der Waals surface area contributed by atoms with E-state index in [4.69, 9.17) is 4.74 Å². The average molecular weight is 380 g/mol. The smallest absolute Gasteiger partial charge is 0.131 e. The number of Topliss-reactive ketones (excluding diaryl/α,β-unsaturated/α-hetero) is 1. The monoisotopic (exact) mass is 379 g/mol. The van der Waals surface area contributed by atoms with Crippen molar-refractivity contribution in [1.29, 1.82) is 0 Å². The second-order valence-electron chi connectivity index (χ2n) is 7.26. The maximum Gasteiger partial charge on any atom is 0.131 e. The maximum absolute atomic E-state index is 11.3. The van der Waals surface area contributed by atoms with Crippen molar-refractivity contribution in [2.75, 3.05) is 26.7 Å². The Bertz CT molecular complexity index is 912. The van der Waals surface area contributed by atoms with E-state index < -0.39 is 0 Å². The second-order valence-corrected chi connectivity index (χ2v) is 8.20. The van der Waals surface area contributed by atoms with Crippen molar-refractivity contribution >= 4 is 34.8 Å². The van der Waals surface area contributed by atoms with Gasteiger partial charge in [-0.15, -0.1) is 11.3 Å². The van der Waals surface area contributed by atoms with E-state index in [0.717, 1.165) is 38.2 Å². The molecule has 2 aliphatic rings. The van der Waals surface area contributed by atoms with Gasteiger partial charge in [0.15, 0.2) is 0 Å². The van der Waals surface area contributed by atoms with Gasteiger partial charge >= 0.3 is 0 Å². The third kappa shape index (κ3) is 3.78. The van der Waals surface area contributed by atoms with Gasteiger partial charge in [0.2, 0.25) is 0 Å². The number of nitrogens with zero attached hydrogens (tertiary/aromatic N) is 1. The molecule has 0 saturated carbocycles. The Morgan fingerprint density at radius 1 is 1.15 bits per heavy atom. The maximum atomic E-state index is 11.3. The summed E-state index contributed by atoms with van der Waals surface area (Å²) in [5.74, 6) is 1.18. The number of thiophene rings is 1. The molecule has 2 aromatic rings. The predicted octanol–water partition coefficient (Wildman–Crippen LogP) is 5.12. The lowest BCUT2D eigenvalue weighted by molar-refractivity contribution is -0.117. The summed E-state index contributed by atoms with van der Waals surface area (Å²) in [5.41, 5.74) is 6.77. The highest BCUT2D eigenvalue weighted by molar-refractivity contribution is 7.11. The number of rotatable bonds is 4. The summed E-state index contributed by atoms with van der Waals surface area (Å²) in [6.07, 6.45) is 7.23. The van der Waals surface area contributed by atoms with Crippen molar-refractivity contribution in [1.82, 2.24) is 4.90 Å². The molecule has 1 aliphatic carbocycles. The molecule has 4 heteroatoms. The molecule has 27 heavy (non-hydrogen) atoms. The van der Waals surface area contributed by atoms with Gasteiger partial charge in [0.1, 0.15) is 11.5 Å². The van der Waals surface area contributed by atoms with Gasteiger partial charge < -0.3 is 9.64 Å². The predicted molar refractivity (Wildman–Crippen MR) is 113 cm³/mol. The molecule has 1 aromatic carbocycles. The van der Waals surface area contributed by atoms with Crippen molar-refractivity contribution in [3.8, 4) is 5.75 Å². The van der Waals surface area contributed by atoms with Gasteiger partial charge in [-0.2, -0.15) is 0 Å². The Balaban J connectivity index is 1.71. The van der Waals surface area contributed by atoms with Gasteiger partial charge in [-0.1, -0.05) is 17.7 Å². The van der Waals surface area contributed by atoms with Gasteiger partial charge in [-0.25, -0.2) is 0 Å². The minimum absolute atomic E-state index is 0.276. The van der Waals surface area contributed by atoms with Gasteiger partial charge in [0.25, 0.3) is 0 Å². The van der Waals surface area contributed by atoms with E-state index in [1.807, 2.05) is 6.07 Å². The van der Waals surface area contributed by atoms with E-state index in [9.17, 15) is 4.79 Å². The van der Waals surface area contributed by atoms with Gasteiger partial charge in [-0.3, -0.25) is 4.79 Å². The fourth-order valence-electron chi connectivity index (χ4n) is 3.98. The van der Waals surface area contributed by atoms with Crippen LogP contribution in [0.2, 0.25) is 0 Å². The number of ketones is 1. The molecule has 0 radical (unpaired) electrons. The normalized spacial score (nSPS) is 16.7. The molecule has 3 nitrogen and oxygen atoms in total. The number of carbonyl (C=O) groups is 1. The van der Waals surface area contributed by atoms with Crippen molar-refractivity contribution in [3.63, 3.8) is 0 Å². The molecule has 0 atom stereocenters. The average Bonchev–Trinajstić information content (AvgIpc) is 3.08. The Morgan fingerprint density at radius 2 is 1.96 bits per heavy atom. The van der Waals surface area contributed by atoms with Crippen LogP contribution in [-0.2, 0) is 4.79 Å². The number of likely N-dealkylation sites (tertiary alicyclic amines) is 1. The van der Waals surface area contributed by atoms with Crippen LogP contribution in [0.5, 0.6) is 5.75 Å². The molecule has 0 unspecified atom stereocenters. The Kier molecular flexibility index (Phi) is 5.28. The van der Waals surface area contributed by atoms with Crippen LogP contribution < -0.4 is 4.74 Å². The summed E-state index contributed by atoms with van der Waals surface area (Å²) in [6.45, 7) is 4.61. The first-order valence-corrected chi connectivity index (χ1v) is 10.4. The number of fused-ring (bicyclic) bond motifs is 2. The van der Waals surface area contributed by atoms with Crippen LogP contribution in [0.25, 0.3) is 17.7 Å². The van der Waals surface area contributed by atoms with Crippen LogP contribution in [0.4, 0.5) is 0 Å². The lowest BCUT2D eigenvalue weighted by Crippen LogP contribution is -2.32. The van der Waals surface area contributed by atoms with Crippen LogP contribution in [0.1, 0.15) is 47.8 Å². The van der Waals surface area contributed by atoms with E-state index in [1.165, 1.54) is 32.7 Å². The standard InChI is InChI=1S/C23H25NO2S/c1-16(25)7-11-24-12-8-18(9-13-24)23-20-10-14-27-22(20)6-4-17-3-5-19(26-2)15-21(17)23/h3-6,10,14-15H,7-9,11-13H2,1-2H3. The van der Waals surface area contributed by atoms with Crippen molar-refractivity contribution in [2.45, 2.75) is 26.2 Å². The fourth-order valence-corrected chi connectivity index (χ4v) is 4.78. The molecule has 1 aliphatic heterocycles. The summed E-state index contributed by atoms with van der Waals surface area (Å²) >= 11 is 1.80. The minimum atomic E-state index is 0.276. The third-order valence-corrected chi connectivity index (χ3v) is 6.38. The van der Waals surface area contributed by atoms with E-state index in [2.05, 4.69) is 40.6 Å². The van der Waals surface area contributed by atoms with Crippen molar-refractivity contribution in [2.24, 2.45) is 0 Å². The molecule has 0 N–H and O–H groups in total. The minimum Gasteiger partial charge on any atom is -0.497 e. The number of ether oxygens (including phenoxy) is 1. The summed E-state index contributed by atoms with van der Waals surface area (Å²) in [4.78, 5) is 15.0. The third-order valence-electron chi connectivity index (χ3n) is 5.50. The van der Waals surface area contributed by atoms with Gasteiger partial charge in [0, 0.05) is 36.5 Å². The number of methoxy groups -OCH3 is 1. The van der Waals surface area contributed by atoms with Gasteiger partial charge in [0.05, 0.1) is 7.11 Å². The molecular formula is C23H25NO2S. The number of piperidine rings is 1. The van der Waals surface area contributed by atoms with E-state index in [1.54, 1.807) is 25.4 Å². The topological polar surface area (TPSA) is 29.5 Å². The first kappa shape index (κ1) is 18.2. The lowest BCUT2D eigenvalue weighted by Gasteiger charge is -2.30. The first-order valence-electron chi connectivity index (χ1n) is 9.54. The molecule has 0 amide bonds. The summed E-state index contributed by atoms with van der Waals surface area (Å²) in [5, 5.41) is 2.18. The molecule has 1 fully saturated rings. The van der Waals surface area contributed by atoms with E-state index in [0.29, 0.717) is 6.42 Å². The van der Waals surface area contributed by atoms with Gasteiger partial charge in [-0.05, 0) is 66.1 Å². The molecular weight excluding hydrogens is 354 g/mol. The van der Waals surface area contributed by atoms with Crippen molar-refractivity contribution < 1.29 is 9.53 Å². The zero-order chi connectivity index (χ0) is 18.8. The van der Waals surface area contributed by atoms with Crippen LogP contribution in [0.15, 0.2) is 35.2 Å². The Labute approximate surface area is 165 Å². The molecule has 0 spiro atoms. The molecule has 2 heterocycles. The summed E-state index contributed by atoms with van der Waals surface area (Å²) in [6, 6.07) is 8.62. The number of benzene rings is 1.